The molecular weight excluding hydrogens is 483 g/mol. The van der Waals surface area contributed by atoms with Crippen LogP contribution >= 0.6 is 0 Å². The summed E-state index contributed by atoms with van der Waals surface area (Å²) in [4.78, 5) is 42.0. The van der Waals surface area contributed by atoms with Crippen molar-refractivity contribution in [3.05, 3.63) is 0 Å². The van der Waals surface area contributed by atoms with Crippen molar-refractivity contribution in [3.63, 3.8) is 0 Å². The van der Waals surface area contributed by atoms with Crippen molar-refractivity contribution in [1.29, 1.82) is 0 Å². The van der Waals surface area contributed by atoms with E-state index in [0.29, 0.717) is 25.0 Å². The van der Waals surface area contributed by atoms with Gasteiger partial charge in [-0.15, -0.1) is 0 Å². The van der Waals surface area contributed by atoms with E-state index in [-0.39, 0.29) is 11.6 Å². The number of carboxylic acid groups (broad SMARTS) is 2. The van der Waals surface area contributed by atoms with Crippen LogP contribution in [0, 0.1) is 11.8 Å². The van der Waals surface area contributed by atoms with Crippen LogP contribution in [0.1, 0.15) is 93.9 Å². The van der Waals surface area contributed by atoms with E-state index in [0.717, 1.165) is 25.7 Å². The van der Waals surface area contributed by atoms with Crippen LogP contribution in [0.25, 0.3) is 0 Å². The topological polar surface area (TPSA) is 133 Å². The van der Waals surface area contributed by atoms with Gasteiger partial charge >= 0.3 is 69.6 Å². The van der Waals surface area contributed by atoms with E-state index in [2.05, 4.69) is 0 Å². The maximum atomic E-state index is 10.7. The molecule has 0 aliphatic rings. The van der Waals surface area contributed by atoms with E-state index in [1.54, 1.807) is 0 Å². The third-order valence-corrected chi connectivity index (χ3v) is 6.60. The Morgan fingerprint density at radius 1 is 0.710 bits per heavy atom. The number of Topliss-reactive ketones (excluding diaryl/α,β-unsaturated/α-hetero) is 2. The summed E-state index contributed by atoms with van der Waals surface area (Å²) in [5.41, 5.74) is 0. The van der Waals surface area contributed by atoms with Gasteiger partial charge in [-0.2, -0.15) is 0 Å². The van der Waals surface area contributed by atoms with E-state index >= 15 is 0 Å². The number of ketones is 2. The zero-order valence-electron chi connectivity index (χ0n) is 20.3. The summed E-state index contributed by atoms with van der Waals surface area (Å²) in [7, 11) is 0. The van der Waals surface area contributed by atoms with Crippen LogP contribution in [0.15, 0.2) is 0 Å². The number of carbonyl (C=O) groups is 4. The molecule has 0 fully saturated rings. The minimum absolute atomic E-state index is 0.307. The molecule has 0 aliphatic carbocycles. The van der Waals surface area contributed by atoms with Crippen molar-refractivity contribution in [2.24, 2.45) is 11.8 Å². The number of hydrogen-bond donors (Lipinski definition) is 0. The minimum Gasteiger partial charge on any atom is -0.549 e. The number of carboxylic acids is 2. The second-order valence-electron chi connectivity index (χ2n) is 7.67. The largest absolute Gasteiger partial charge is 0.549 e. The Morgan fingerprint density at radius 2 is 1.00 bits per heavy atom. The van der Waals surface area contributed by atoms with Gasteiger partial charge in [0, 0.05) is 0 Å². The second-order valence-corrected chi connectivity index (χ2v) is 9.23. The fraction of sp³-hybridized carbons (Fsp3) is 0.818. The minimum atomic E-state index is -1.24. The van der Waals surface area contributed by atoms with Gasteiger partial charge in [0.25, 0.3) is 0 Å². The molecular formula is C22H40O8Zr. The van der Waals surface area contributed by atoms with Gasteiger partial charge in [0.05, 0.1) is 23.8 Å². The summed E-state index contributed by atoms with van der Waals surface area (Å²) in [5, 5.41) is 20.6. The number of aliphatic carboxylic acids is 2. The smallest absolute Gasteiger partial charge is 0.138 e. The van der Waals surface area contributed by atoms with Crippen LogP contribution < -0.4 is 10.2 Å². The van der Waals surface area contributed by atoms with Gasteiger partial charge in [-0.1, -0.05) is 39.5 Å². The molecule has 0 saturated heterocycles. The van der Waals surface area contributed by atoms with Crippen LogP contribution in [0.4, 0.5) is 0 Å². The van der Waals surface area contributed by atoms with E-state index in [1.165, 1.54) is 13.8 Å². The molecule has 31 heavy (non-hydrogen) atoms. The maximum absolute atomic E-state index is 10.7. The first-order valence-corrected chi connectivity index (χ1v) is 12.8. The van der Waals surface area contributed by atoms with Crippen molar-refractivity contribution < 1.29 is 59.1 Å². The first-order valence-electron chi connectivity index (χ1n) is 10.8. The van der Waals surface area contributed by atoms with Gasteiger partial charge in [-0.05, 0) is 26.7 Å². The van der Waals surface area contributed by atoms with E-state index in [4.69, 9.17) is 5.63 Å². The predicted molar refractivity (Wildman–Crippen MR) is 110 cm³/mol. The molecule has 0 spiro atoms. The summed E-state index contributed by atoms with van der Waals surface area (Å²) in [6.45, 7) is 14.6. The maximum Gasteiger partial charge on any atom is 0.138 e. The number of hydrogen-bond acceptors (Lipinski definition) is 8. The molecule has 0 N–H and O–H groups in total. The first-order chi connectivity index (χ1) is 14.3. The molecule has 0 aromatic heterocycles. The molecule has 180 valence electrons. The SMILES string of the molecule is CC(C)[O][Zr+2][O]C(C)C.CCCCC(C(C)=O)C(=O)[O-].CCCCC(C(C)=O)C(=O)[O-]. The van der Waals surface area contributed by atoms with Crippen LogP contribution in [-0.4, -0.2) is 35.7 Å². The van der Waals surface area contributed by atoms with E-state index < -0.39 is 47.9 Å². The van der Waals surface area contributed by atoms with Crippen molar-refractivity contribution in [3.8, 4) is 0 Å². The molecule has 0 saturated carbocycles. The Bertz CT molecular complexity index is 434. The van der Waals surface area contributed by atoms with Gasteiger partial charge in [0.1, 0.15) is 11.6 Å². The predicted octanol–water partition coefficient (Wildman–Crippen LogP) is 2.01. The van der Waals surface area contributed by atoms with Crippen molar-refractivity contribution in [2.45, 2.75) is 106 Å². The summed E-state index contributed by atoms with van der Waals surface area (Å²) in [5.74, 6) is -4.89. The van der Waals surface area contributed by atoms with E-state index in [1.807, 2.05) is 41.5 Å². The Labute approximate surface area is 200 Å². The average molecular weight is 524 g/mol. The molecule has 0 heterocycles. The molecule has 2 atom stereocenters. The number of carbonyl (C=O) groups excluding carboxylic acids is 4. The Morgan fingerprint density at radius 3 is 1.16 bits per heavy atom. The van der Waals surface area contributed by atoms with Gasteiger partial charge < -0.3 is 19.8 Å². The summed E-state index contributed by atoms with van der Waals surface area (Å²) in [6, 6.07) is 0. The Hall–Kier alpha value is -0.917. The third-order valence-electron chi connectivity index (χ3n) is 3.81. The average Bonchev–Trinajstić information content (AvgIpc) is 2.61. The summed E-state index contributed by atoms with van der Waals surface area (Å²) >= 11 is -0.929. The number of rotatable bonds is 14. The molecule has 8 nitrogen and oxygen atoms in total. The molecule has 0 amide bonds. The standard InChI is InChI=1S/2C8H14O3.2C3H7O.Zr/c2*1-3-4-5-7(6(2)9)8(10)11;2*1-3(2)4;/h2*7H,3-5H2,1-2H3,(H,10,11);2*3H,1-2H3;/q;;2*-1;+4/p-2. The zero-order valence-corrected chi connectivity index (χ0v) is 22.8. The molecule has 9 heteroatoms. The monoisotopic (exact) mass is 522 g/mol. The summed E-state index contributed by atoms with van der Waals surface area (Å²) < 4.78 is 10.6. The Kier molecular flexibility index (Phi) is 24.9. The normalized spacial score (nSPS) is 11.9. The van der Waals surface area contributed by atoms with E-state index in [9.17, 15) is 29.4 Å². The van der Waals surface area contributed by atoms with Crippen LogP contribution in [0.5, 0.6) is 0 Å². The zero-order chi connectivity index (χ0) is 25.0. The van der Waals surface area contributed by atoms with Crippen molar-refractivity contribution >= 4 is 23.5 Å². The molecule has 0 radical (unpaired) electrons. The summed E-state index contributed by atoms with van der Waals surface area (Å²) in [6.07, 6.45) is 4.83. The van der Waals surface area contributed by atoms with Gasteiger partial charge in [-0.3, -0.25) is 9.59 Å². The fourth-order valence-corrected chi connectivity index (χ4v) is 3.09. The van der Waals surface area contributed by atoms with Crippen molar-refractivity contribution in [1.82, 2.24) is 0 Å². The van der Waals surface area contributed by atoms with Crippen LogP contribution in [0.3, 0.4) is 0 Å². The molecule has 0 aromatic carbocycles. The van der Waals surface area contributed by atoms with Gasteiger partial charge in [0.15, 0.2) is 0 Å². The van der Waals surface area contributed by atoms with Crippen LogP contribution in [-0.2, 0) is 48.9 Å². The molecule has 2 unspecified atom stereocenters. The van der Waals surface area contributed by atoms with Crippen LogP contribution in [0.2, 0.25) is 0 Å². The second kappa shape index (κ2) is 22.3. The molecule has 0 bridgehead atoms. The van der Waals surface area contributed by atoms with Gasteiger partial charge in [-0.25, -0.2) is 0 Å². The molecule has 0 aliphatic heterocycles. The first kappa shape index (κ1) is 34.7. The molecule has 0 aromatic rings. The quantitative estimate of drug-likeness (QED) is 0.316. The number of unbranched alkanes of at least 4 members (excludes halogenated alkanes) is 2. The fourth-order valence-electron chi connectivity index (χ4n) is 2.01. The Balaban J connectivity index is -0.000000382. The van der Waals surface area contributed by atoms with Crippen molar-refractivity contribution in [2.75, 3.05) is 0 Å². The third kappa shape index (κ3) is 25.2. The van der Waals surface area contributed by atoms with Gasteiger partial charge in [0.2, 0.25) is 0 Å². The molecule has 0 rings (SSSR count).